The SMILES string of the molecule is COC1(C)CC(NC(=O)c2cc(C)n(Cc3ccccn3)c2C)C1(C)C. The van der Waals surface area contributed by atoms with Crippen LogP contribution in [0.1, 0.15) is 54.6 Å². The number of carbonyl (C=O) groups excluding carboxylic acids is 1. The number of hydrogen-bond donors (Lipinski definition) is 1. The molecule has 0 aliphatic heterocycles. The molecule has 140 valence electrons. The highest BCUT2D eigenvalue weighted by molar-refractivity contribution is 5.96. The van der Waals surface area contributed by atoms with Gasteiger partial charge in [-0.1, -0.05) is 19.9 Å². The molecule has 2 atom stereocenters. The number of aromatic nitrogens is 2. The second kappa shape index (κ2) is 6.54. The van der Waals surface area contributed by atoms with Crippen LogP contribution in [-0.4, -0.2) is 34.2 Å². The molecule has 1 N–H and O–H groups in total. The Balaban J connectivity index is 1.76. The summed E-state index contributed by atoms with van der Waals surface area (Å²) in [4.78, 5) is 17.3. The second-order valence-corrected chi connectivity index (χ2v) is 8.08. The fourth-order valence-electron chi connectivity index (χ4n) is 3.89. The summed E-state index contributed by atoms with van der Waals surface area (Å²) in [6.45, 7) is 11.1. The van der Waals surface area contributed by atoms with Crippen LogP contribution in [0, 0.1) is 19.3 Å². The lowest BCUT2D eigenvalue weighted by molar-refractivity contribution is -0.177. The molecule has 1 fully saturated rings. The molecule has 2 aromatic rings. The van der Waals surface area contributed by atoms with Gasteiger partial charge in [-0.05, 0) is 45.4 Å². The number of methoxy groups -OCH3 is 1. The van der Waals surface area contributed by atoms with E-state index < -0.39 is 0 Å². The number of pyridine rings is 1. The largest absolute Gasteiger partial charge is 0.378 e. The van der Waals surface area contributed by atoms with E-state index in [-0.39, 0.29) is 23.0 Å². The van der Waals surface area contributed by atoms with Crippen LogP contribution in [0.2, 0.25) is 0 Å². The minimum atomic E-state index is -0.194. The number of nitrogens with zero attached hydrogens (tertiary/aromatic N) is 2. The molecule has 0 aromatic carbocycles. The molecule has 1 saturated carbocycles. The molecule has 1 amide bonds. The molecule has 2 heterocycles. The Morgan fingerprint density at radius 3 is 2.65 bits per heavy atom. The van der Waals surface area contributed by atoms with Crippen molar-refractivity contribution in [2.75, 3.05) is 7.11 Å². The third-order valence-corrected chi connectivity index (χ3v) is 6.45. The Bertz CT molecular complexity index is 810. The normalized spacial score (nSPS) is 24.2. The van der Waals surface area contributed by atoms with Crippen LogP contribution in [0.5, 0.6) is 0 Å². The van der Waals surface area contributed by atoms with Gasteiger partial charge in [-0.25, -0.2) is 0 Å². The molecular formula is C21H29N3O2. The van der Waals surface area contributed by atoms with Gasteiger partial charge in [0.25, 0.3) is 5.91 Å². The topological polar surface area (TPSA) is 56.1 Å². The summed E-state index contributed by atoms with van der Waals surface area (Å²) >= 11 is 0. The van der Waals surface area contributed by atoms with Crippen molar-refractivity contribution in [2.45, 2.75) is 59.2 Å². The smallest absolute Gasteiger partial charge is 0.253 e. The molecule has 0 bridgehead atoms. The van der Waals surface area contributed by atoms with Crippen LogP contribution < -0.4 is 5.32 Å². The van der Waals surface area contributed by atoms with E-state index in [1.807, 2.05) is 38.1 Å². The predicted octanol–water partition coefficient (Wildman–Crippen LogP) is 3.48. The van der Waals surface area contributed by atoms with E-state index in [0.717, 1.165) is 29.1 Å². The Morgan fingerprint density at radius 2 is 2.08 bits per heavy atom. The van der Waals surface area contributed by atoms with Crippen LogP contribution in [0.3, 0.4) is 0 Å². The summed E-state index contributed by atoms with van der Waals surface area (Å²) in [6.07, 6.45) is 2.62. The average molecular weight is 355 g/mol. The van der Waals surface area contributed by atoms with E-state index in [9.17, 15) is 4.79 Å². The summed E-state index contributed by atoms with van der Waals surface area (Å²) in [5.41, 5.74) is 3.46. The van der Waals surface area contributed by atoms with Gasteiger partial charge >= 0.3 is 0 Å². The van der Waals surface area contributed by atoms with Crippen LogP contribution >= 0.6 is 0 Å². The van der Waals surface area contributed by atoms with Gasteiger partial charge in [-0.15, -0.1) is 0 Å². The Hall–Kier alpha value is -2.14. The summed E-state index contributed by atoms with van der Waals surface area (Å²) in [5, 5.41) is 3.21. The molecular weight excluding hydrogens is 326 g/mol. The lowest BCUT2D eigenvalue weighted by Crippen LogP contribution is -2.68. The summed E-state index contributed by atoms with van der Waals surface area (Å²) in [7, 11) is 1.74. The molecule has 1 aliphatic rings. The molecule has 0 saturated heterocycles. The molecule has 0 radical (unpaired) electrons. The number of rotatable bonds is 5. The van der Waals surface area contributed by atoms with Gasteiger partial charge in [-0.3, -0.25) is 9.78 Å². The van der Waals surface area contributed by atoms with Gasteiger partial charge in [0, 0.05) is 36.2 Å². The zero-order chi connectivity index (χ0) is 19.1. The van der Waals surface area contributed by atoms with Gasteiger partial charge < -0.3 is 14.6 Å². The first kappa shape index (κ1) is 18.6. The van der Waals surface area contributed by atoms with E-state index in [0.29, 0.717) is 6.54 Å². The third-order valence-electron chi connectivity index (χ3n) is 6.45. The van der Waals surface area contributed by atoms with E-state index in [1.54, 1.807) is 13.3 Å². The Morgan fingerprint density at radius 1 is 1.35 bits per heavy atom. The van der Waals surface area contributed by atoms with Gasteiger partial charge in [-0.2, -0.15) is 0 Å². The standard InChI is InChI=1S/C21H29N3O2/c1-14-11-17(15(2)24(14)13-16-9-7-8-10-22-16)19(25)23-18-12-21(5,26-6)20(18,3)4/h7-11,18H,12-13H2,1-6H3,(H,23,25). The summed E-state index contributed by atoms with van der Waals surface area (Å²) in [6, 6.07) is 7.97. The number of nitrogens with one attached hydrogen (secondary N) is 1. The fourth-order valence-corrected chi connectivity index (χ4v) is 3.89. The zero-order valence-corrected chi connectivity index (χ0v) is 16.6. The van der Waals surface area contributed by atoms with Crippen molar-refractivity contribution in [1.29, 1.82) is 0 Å². The van der Waals surface area contributed by atoms with Crippen molar-refractivity contribution < 1.29 is 9.53 Å². The lowest BCUT2D eigenvalue weighted by Gasteiger charge is -2.59. The molecule has 5 heteroatoms. The maximum atomic E-state index is 12.9. The van der Waals surface area contributed by atoms with E-state index in [2.05, 4.69) is 35.6 Å². The number of amides is 1. The van der Waals surface area contributed by atoms with Crippen molar-refractivity contribution in [3.63, 3.8) is 0 Å². The van der Waals surface area contributed by atoms with Gasteiger partial charge in [0.1, 0.15) is 0 Å². The van der Waals surface area contributed by atoms with Crippen molar-refractivity contribution in [1.82, 2.24) is 14.9 Å². The minimum Gasteiger partial charge on any atom is -0.378 e. The maximum Gasteiger partial charge on any atom is 0.253 e. The molecule has 2 unspecified atom stereocenters. The maximum absolute atomic E-state index is 12.9. The van der Waals surface area contributed by atoms with Crippen molar-refractivity contribution in [2.24, 2.45) is 5.41 Å². The first-order valence-electron chi connectivity index (χ1n) is 9.12. The van der Waals surface area contributed by atoms with Gasteiger partial charge in [0.2, 0.25) is 0 Å². The zero-order valence-electron chi connectivity index (χ0n) is 16.6. The average Bonchev–Trinajstić information content (AvgIpc) is 2.90. The third kappa shape index (κ3) is 2.94. The number of ether oxygens (including phenoxy) is 1. The van der Waals surface area contributed by atoms with Gasteiger partial charge in [0.05, 0.1) is 23.4 Å². The monoisotopic (exact) mass is 355 g/mol. The predicted molar refractivity (Wildman–Crippen MR) is 102 cm³/mol. The van der Waals surface area contributed by atoms with E-state index >= 15 is 0 Å². The summed E-state index contributed by atoms with van der Waals surface area (Å²) < 4.78 is 7.80. The lowest BCUT2D eigenvalue weighted by atomic mass is 9.56. The quantitative estimate of drug-likeness (QED) is 0.893. The van der Waals surface area contributed by atoms with Crippen LogP contribution in [-0.2, 0) is 11.3 Å². The molecule has 0 spiro atoms. The number of aryl methyl sites for hydroxylation is 1. The first-order valence-corrected chi connectivity index (χ1v) is 9.12. The highest BCUT2D eigenvalue weighted by Gasteiger charge is 2.58. The number of hydrogen-bond acceptors (Lipinski definition) is 3. The molecule has 2 aromatic heterocycles. The van der Waals surface area contributed by atoms with Crippen molar-refractivity contribution in [3.05, 3.63) is 53.1 Å². The van der Waals surface area contributed by atoms with E-state index in [4.69, 9.17) is 4.74 Å². The second-order valence-electron chi connectivity index (χ2n) is 8.08. The van der Waals surface area contributed by atoms with Crippen LogP contribution in [0.15, 0.2) is 30.5 Å². The fraction of sp³-hybridized carbons (Fsp3) is 0.524. The molecule has 26 heavy (non-hydrogen) atoms. The van der Waals surface area contributed by atoms with Crippen LogP contribution in [0.25, 0.3) is 0 Å². The highest BCUT2D eigenvalue weighted by atomic mass is 16.5. The number of carbonyl (C=O) groups is 1. The van der Waals surface area contributed by atoms with Gasteiger partial charge in [0.15, 0.2) is 0 Å². The highest BCUT2D eigenvalue weighted by Crippen LogP contribution is 2.51. The Kier molecular flexibility index (Phi) is 4.69. The molecule has 3 rings (SSSR count). The Labute approximate surface area is 155 Å². The molecule has 1 aliphatic carbocycles. The molecule has 5 nitrogen and oxygen atoms in total. The van der Waals surface area contributed by atoms with Crippen LogP contribution in [0.4, 0.5) is 0 Å². The van der Waals surface area contributed by atoms with Crippen molar-refractivity contribution in [3.8, 4) is 0 Å². The van der Waals surface area contributed by atoms with E-state index in [1.165, 1.54) is 0 Å². The first-order chi connectivity index (χ1) is 12.2. The van der Waals surface area contributed by atoms with Crippen molar-refractivity contribution >= 4 is 5.91 Å². The minimum absolute atomic E-state index is 0.0124. The summed E-state index contributed by atoms with van der Waals surface area (Å²) in [5.74, 6) is -0.0124.